The molecular formula is C47H85O19P3. The molecule has 1 aliphatic rings. The van der Waals surface area contributed by atoms with Crippen molar-refractivity contribution in [3.8, 4) is 0 Å². The zero-order valence-corrected chi connectivity index (χ0v) is 43.6. The number of rotatable bonds is 42. The van der Waals surface area contributed by atoms with Gasteiger partial charge in [-0.1, -0.05) is 165 Å². The van der Waals surface area contributed by atoms with Crippen LogP contribution in [0.5, 0.6) is 0 Å². The van der Waals surface area contributed by atoms with Crippen molar-refractivity contribution in [1.29, 1.82) is 0 Å². The van der Waals surface area contributed by atoms with E-state index >= 15 is 0 Å². The Kier molecular flexibility index (Phi) is 36.5. The summed E-state index contributed by atoms with van der Waals surface area (Å²) in [5.41, 5.74) is 0. The number of unbranched alkanes of at least 4 members (excludes halogenated alkanes) is 18. The lowest BCUT2D eigenvalue weighted by molar-refractivity contribution is -0.213. The summed E-state index contributed by atoms with van der Waals surface area (Å²) in [6.45, 7) is 2.82. The molecule has 69 heavy (non-hydrogen) atoms. The largest absolute Gasteiger partial charge is 0.472 e. The molecule has 0 heterocycles. The van der Waals surface area contributed by atoms with E-state index in [-0.39, 0.29) is 12.8 Å². The quantitative estimate of drug-likeness (QED) is 0.0122. The van der Waals surface area contributed by atoms with Crippen LogP contribution in [0, 0.1) is 0 Å². The number of carbonyl (C=O) groups is 2. The molecule has 0 aromatic carbocycles. The van der Waals surface area contributed by atoms with Crippen LogP contribution in [-0.2, 0) is 50.9 Å². The van der Waals surface area contributed by atoms with Gasteiger partial charge in [0.05, 0.1) is 6.61 Å². The van der Waals surface area contributed by atoms with Crippen molar-refractivity contribution in [2.24, 2.45) is 0 Å². The molecule has 1 saturated carbocycles. The van der Waals surface area contributed by atoms with Crippen molar-refractivity contribution in [3.05, 3.63) is 48.6 Å². The maximum Gasteiger partial charge on any atom is 0.472 e. The molecular weight excluding hydrogens is 961 g/mol. The molecule has 5 unspecified atom stereocenters. The molecule has 0 spiro atoms. The van der Waals surface area contributed by atoms with E-state index in [2.05, 4.69) is 71.5 Å². The molecule has 1 rings (SSSR count). The van der Waals surface area contributed by atoms with Gasteiger partial charge < -0.3 is 49.3 Å². The Morgan fingerprint density at radius 1 is 0.478 bits per heavy atom. The minimum absolute atomic E-state index is 0.00590. The zero-order valence-electron chi connectivity index (χ0n) is 40.9. The lowest BCUT2D eigenvalue weighted by Gasteiger charge is -2.44. The van der Waals surface area contributed by atoms with Crippen molar-refractivity contribution < 1.29 is 90.6 Å². The number of phosphoric acid groups is 3. The second kappa shape index (κ2) is 38.7. The standard InChI is InChI=1S/C47H85O19P3/c1-3-5-7-9-11-13-15-17-19-20-22-23-25-27-29-31-33-35-40(48)61-37-39(63-41(49)36-34-32-30-28-26-24-21-18-16-14-12-10-8-6-4-2)38-62-69(59,60)66-45-42(50)43(51)46(64-67(53,54)55)47(44(45)52)65-68(56,57)58/h5,7,11,13,17,19,22-23,39,42-47,50-52H,3-4,6,8-10,12,14-16,18,20-21,24-38H2,1-2H3,(H,59,60)(H2,53,54,55)(H2,56,57,58)/b7-5-,13-11-,19-17-,23-22-/t39-,42?,43?,44?,45+,46?,47+/m1/s1. The summed E-state index contributed by atoms with van der Waals surface area (Å²) in [6.07, 6.45) is 25.5. The van der Waals surface area contributed by atoms with Crippen LogP contribution >= 0.6 is 23.5 Å². The number of hydrogen-bond acceptors (Lipinski definition) is 14. The summed E-state index contributed by atoms with van der Waals surface area (Å²) in [6, 6.07) is 0. The fourth-order valence-electron chi connectivity index (χ4n) is 7.46. The predicted molar refractivity (Wildman–Crippen MR) is 261 cm³/mol. The minimum Gasteiger partial charge on any atom is -0.462 e. The molecule has 0 aromatic heterocycles. The van der Waals surface area contributed by atoms with Crippen molar-refractivity contribution in [2.45, 2.75) is 224 Å². The van der Waals surface area contributed by atoms with Gasteiger partial charge in [-0.3, -0.25) is 27.7 Å². The number of ether oxygens (including phenoxy) is 2. The van der Waals surface area contributed by atoms with Gasteiger partial charge in [-0.05, 0) is 51.4 Å². The molecule has 8 N–H and O–H groups in total. The maximum absolute atomic E-state index is 13.1. The number of allylic oxidation sites excluding steroid dienone is 8. The van der Waals surface area contributed by atoms with Crippen LogP contribution in [0.4, 0.5) is 0 Å². The molecule has 0 radical (unpaired) electrons. The Morgan fingerprint density at radius 3 is 1.36 bits per heavy atom. The summed E-state index contributed by atoms with van der Waals surface area (Å²) in [5.74, 6) is -1.32. The maximum atomic E-state index is 13.1. The first-order chi connectivity index (χ1) is 32.8. The number of carbonyl (C=O) groups excluding carboxylic acids is 2. The summed E-state index contributed by atoms with van der Waals surface area (Å²) in [4.78, 5) is 73.3. The van der Waals surface area contributed by atoms with Gasteiger partial charge in [0.1, 0.15) is 43.2 Å². The van der Waals surface area contributed by atoms with E-state index < -0.39 is 91.3 Å². The number of aliphatic hydroxyl groups excluding tert-OH is 3. The Balaban J connectivity index is 2.72. The zero-order chi connectivity index (χ0) is 51.4. The third-order valence-electron chi connectivity index (χ3n) is 11.2. The number of hydrogen-bond donors (Lipinski definition) is 8. The van der Waals surface area contributed by atoms with E-state index in [0.717, 1.165) is 83.5 Å². The van der Waals surface area contributed by atoms with Crippen LogP contribution in [0.15, 0.2) is 48.6 Å². The fourth-order valence-corrected chi connectivity index (χ4v) is 9.55. The summed E-state index contributed by atoms with van der Waals surface area (Å²) >= 11 is 0. The first kappa shape index (κ1) is 65.1. The molecule has 0 saturated heterocycles. The lowest BCUT2D eigenvalue weighted by Crippen LogP contribution is -2.65. The Bertz CT molecular complexity index is 1630. The fraction of sp³-hybridized carbons (Fsp3) is 0.787. The molecule has 0 aliphatic heterocycles. The normalized spacial score (nSPS) is 21.7. The van der Waals surface area contributed by atoms with Gasteiger partial charge in [-0.15, -0.1) is 0 Å². The van der Waals surface area contributed by atoms with E-state index in [1.54, 1.807) is 0 Å². The third-order valence-corrected chi connectivity index (χ3v) is 13.2. The summed E-state index contributed by atoms with van der Waals surface area (Å²) in [7, 11) is -16.6. The highest BCUT2D eigenvalue weighted by Crippen LogP contribution is 2.51. The molecule has 402 valence electrons. The third kappa shape index (κ3) is 35.0. The van der Waals surface area contributed by atoms with Gasteiger partial charge in [0.2, 0.25) is 0 Å². The van der Waals surface area contributed by atoms with Crippen molar-refractivity contribution in [2.75, 3.05) is 13.2 Å². The summed E-state index contributed by atoms with van der Waals surface area (Å²) in [5, 5.41) is 31.9. The predicted octanol–water partition coefficient (Wildman–Crippen LogP) is 9.40. The average Bonchev–Trinajstić information content (AvgIpc) is 3.28. The molecule has 19 nitrogen and oxygen atoms in total. The van der Waals surface area contributed by atoms with Gasteiger partial charge in [-0.2, -0.15) is 0 Å². The lowest BCUT2D eigenvalue weighted by atomic mass is 9.85. The monoisotopic (exact) mass is 1050 g/mol. The molecule has 8 atom stereocenters. The van der Waals surface area contributed by atoms with E-state index in [1.807, 2.05) is 0 Å². The van der Waals surface area contributed by atoms with Gasteiger partial charge >= 0.3 is 35.4 Å². The van der Waals surface area contributed by atoms with Crippen LogP contribution in [0.3, 0.4) is 0 Å². The van der Waals surface area contributed by atoms with E-state index in [4.69, 9.17) is 18.5 Å². The van der Waals surface area contributed by atoms with Gasteiger partial charge in [0.15, 0.2) is 6.10 Å². The first-order valence-electron chi connectivity index (χ1n) is 24.9. The van der Waals surface area contributed by atoms with Crippen LogP contribution in [0.2, 0.25) is 0 Å². The molecule has 1 fully saturated rings. The van der Waals surface area contributed by atoms with Gasteiger partial charge in [0, 0.05) is 12.8 Å². The molecule has 22 heteroatoms. The van der Waals surface area contributed by atoms with E-state index in [0.29, 0.717) is 12.8 Å². The van der Waals surface area contributed by atoms with Crippen molar-refractivity contribution >= 4 is 35.4 Å². The highest BCUT2D eigenvalue weighted by atomic mass is 31.2. The van der Waals surface area contributed by atoms with Crippen molar-refractivity contribution in [3.63, 3.8) is 0 Å². The van der Waals surface area contributed by atoms with Crippen molar-refractivity contribution in [1.82, 2.24) is 0 Å². The van der Waals surface area contributed by atoms with Crippen LogP contribution in [0.1, 0.15) is 181 Å². The second-order valence-electron chi connectivity index (χ2n) is 17.4. The number of aliphatic hydroxyl groups is 3. The van der Waals surface area contributed by atoms with Gasteiger partial charge in [-0.25, -0.2) is 13.7 Å². The second-order valence-corrected chi connectivity index (χ2v) is 21.2. The Morgan fingerprint density at radius 2 is 0.884 bits per heavy atom. The molecule has 1 aliphatic carbocycles. The van der Waals surface area contributed by atoms with Crippen LogP contribution in [-0.4, -0.2) is 108 Å². The Labute approximate surface area is 410 Å². The average molecular weight is 1050 g/mol. The van der Waals surface area contributed by atoms with E-state index in [9.17, 15) is 63.1 Å². The molecule has 0 bridgehead atoms. The van der Waals surface area contributed by atoms with Crippen LogP contribution < -0.4 is 0 Å². The smallest absolute Gasteiger partial charge is 0.462 e. The summed E-state index contributed by atoms with van der Waals surface area (Å²) < 4.78 is 65.5. The Hall–Kier alpha value is -1.89. The molecule has 0 amide bonds. The van der Waals surface area contributed by atoms with Crippen LogP contribution in [0.25, 0.3) is 0 Å². The van der Waals surface area contributed by atoms with Gasteiger partial charge in [0.25, 0.3) is 0 Å². The van der Waals surface area contributed by atoms with E-state index in [1.165, 1.54) is 57.8 Å². The number of esters is 2. The molecule has 0 aromatic rings. The SMILES string of the molecule is CC/C=C\C/C=C\C/C=C\C/C=C\CCCCCCC(=O)OC[C@H](COP(=O)(O)O[C@H]1C(O)C(O)C(OP(=O)(O)O)[C@@H](OP(=O)(O)O)C1O)OC(=O)CCCCCCCCCCCCCCCCC. The highest BCUT2D eigenvalue weighted by molar-refractivity contribution is 7.47. The number of phosphoric ester groups is 3. The first-order valence-corrected chi connectivity index (χ1v) is 29.5. The highest BCUT2D eigenvalue weighted by Gasteiger charge is 2.56. The minimum atomic E-state index is -5.60. The topological polar surface area (TPSA) is 303 Å².